The third-order valence-electron chi connectivity index (χ3n) is 2.89. The zero-order valence-corrected chi connectivity index (χ0v) is 17.6. The fourth-order valence-corrected chi connectivity index (χ4v) is 4.10. The molecule has 4 nitrogen and oxygen atoms in total. The Bertz CT molecular complexity index is 123. The van der Waals surface area contributed by atoms with Gasteiger partial charge in [0.25, 0.3) is 0 Å². The normalized spacial score (nSPS) is 20.3. The van der Waals surface area contributed by atoms with Gasteiger partial charge in [0.1, 0.15) is 0 Å². The number of thioether (sulfide) groups is 2. The van der Waals surface area contributed by atoms with Gasteiger partial charge in [-0.3, -0.25) is 0 Å². The molecular formula is C17H42N4S2. The molecule has 4 N–H and O–H groups in total. The third-order valence-corrected chi connectivity index (χ3v) is 5.37. The summed E-state index contributed by atoms with van der Waals surface area (Å²) in [4.78, 5) is 0. The van der Waals surface area contributed by atoms with Crippen LogP contribution in [0.25, 0.3) is 0 Å². The van der Waals surface area contributed by atoms with E-state index >= 15 is 0 Å². The molecule has 0 aromatic heterocycles. The second kappa shape index (κ2) is 27.4. The molecule has 0 aromatic carbocycles. The Morgan fingerprint density at radius 1 is 0.435 bits per heavy atom. The molecule has 3 saturated heterocycles. The molecule has 3 aliphatic heterocycles. The number of hydrogen-bond acceptors (Lipinski definition) is 6. The molecule has 0 atom stereocenters. The van der Waals surface area contributed by atoms with E-state index in [9.17, 15) is 0 Å². The van der Waals surface area contributed by atoms with Crippen LogP contribution in [-0.4, -0.2) is 75.4 Å². The monoisotopic (exact) mass is 366 g/mol. The molecule has 0 bridgehead atoms. The van der Waals surface area contributed by atoms with Crippen molar-refractivity contribution in [2.75, 3.05) is 75.4 Å². The Morgan fingerprint density at radius 2 is 0.696 bits per heavy atom. The molecule has 0 amide bonds. The maximum absolute atomic E-state index is 3.28. The Kier molecular flexibility index (Phi) is 30.7. The number of hydrogen-bond donors (Lipinski definition) is 4. The standard InChI is InChI=1S/C5H12N2.C4H10N2.C4H8S2.2C2H6/c1-2-6-4-5-7-3-1;2*1-2-6-4-3-5-1;2*1-2/h6-7H,1-5H2;5-6H,1-4H2;1-4H2;2*1-2H3. The molecule has 0 aliphatic carbocycles. The van der Waals surface area contributed by atoms with Gasteiger partial charge in [0.2, 0.25) is 0 Å². The third kappa shape index (κ3) is 24.9. The van der Waals surface area contributed by atoms with Crippen LogP contribution in [0.4, 0.5) is 0 Å². The molecule has 3 aliphatic rings. The van der Waals surface area contributed by atoms with Crippen molar-refractivity contribution in [1.82, 2.24) is 21.3 Å². The zero-order valence-electron chi connectivity index (χ0n) is 16.0. The van der Waals surface area contributed by atoms with E-state index in [1.807, 2.05) is 27.7 Å². The second-order valence-corrected chi connectivity index (χ2v) is 7.03. The lowest BCUT2D eigenvalue weighted by Crippen LogP contribution is -2.39. The predicted molar refractivity (Wildman–Crippen MR) is 113 cm³/mol. The molecule has 23 heavy (non-hydrogen) atoms. The molecule has 142 valence electrons. The van der Waals surface area contributed by atoms with Crippen molar-refractivity contribution in [3.05, 3.63) is 0 Å². The molecule has 3 fully saturated rings. The first-order valence-corrected chi connectivity index (χ1v) is 11.8. The van der Waals surface area contributed by atoms with Crippen LogP contribution in [0.5, 0.6) is 0 Å². The van der Waals surface area contributed by atoms with Crippen molar-refractivity contribution in [2.45, 2.75) is 34.1 Å². The zero-order chi connectivity index (χ0) is 17.4. The Balaban J connectivity index is 0. The lowest BCUT2D eigenvalue weighted by molar-refractivity contribution is 0.534. The van der Waals surface area contributed by atoms with Crippen molar-refractivity contribution >= 4 is 23.5 Å². The van der Waals surface area contributed by atoms with Crippen LogP contribution < -0.4 is 21.3 Å². The maximum Gasteiger partial charge on any atom is 0.00772 e. The molecule has 0 unspecified atom stereocenters. The number of nitrogens with one attached hydrogen (secondary N) is 4. The van der Waals surface area contributed by atoms with Crippen molar-refractivity contribution in [1.29, 1.82) is 0 Å². The molecule has 0 aromatic rings. The summed E-state index contributed by atoms with van der Waals surface area (Å²) >= 11 is 4.15. The molecule has 6 heteroatoms. The van der Waals surface area contributed by atoms with Crippen molar-refractivity contribution in [2.24, 2.45) is 0 Å². The van der Waals surface area contributed by atoms with Crippen LogP contribution in [-0.2, 0) is 0 Å². The first-order valence-electron chi connectivity index (χ1n) is 9.48. The highest BCUT2D eigenvalue weighted by molar-refractivity contribution is 8.06. The highest BCUT2D eigenvalue weighted by atomic mass is 32.2. The van der Waals surface area contributed by atoms with E-state index in [0.717, 1.165) is 39.3 Å². The Morgan fingerprint density at radius 3 is 0.913 bits per heavy atom. The second-order valence-electron chi connectivity index (χ2n) is 4.58. The molecule has 0 radical (unpaired) electrons. The Hall–Kier alpha value is 0.540. The van der Waals surface area contributed by atoms with Crippen molar-refractivity contribution < 1.29 is 0 Å². The fraction of sp³-hybridized carbons (Fsp3) is 1.00. The van der Waals surface area contributed by atoms with Gasteiger partial charge in [0.05, 0.1) is 0 Å². The lowest BCUT2D eigenvalue weighted by Gasteiger charge is -2.11. The summed E-state index contributed by atoms with van der Waals surface area (Å²) in [7, 11) is 0. The van der Waals surface area contributed by atoms with Crippen molar-refractivity contribution in [3.63, 3.8) is 0 Å². The molecule has 0 saturated carbocycles. The van der Waals surface area contributed by atoms with E-state index in [2.05, 4.69) is 44.8 Å². The van der Waals surface area contributed by atoms with Gasteiger partial charge in [0.15, 0.2) is 0 Å². The topological polar surface area (TPSA) is 48.1 Å². The summed E-state index contributed by atoms with van der Waals surface area (Å²) in [6.07, 6.45) is 1.28. The van der Waals surface area contributed by atoms with Gasteiger partial charge in [0, 0.05) is 62.3 Å². The fourth-order valence-electron chi connectivity index (χ4n) is 1.81. The van der Waals surface area contributed by atoms with Gasteiger partial charge in [-0.2, -0.15) is 23.5 Å². The number of piperazine rings is 1. The summed E-state index contributed by atoms with van der Waals surface area (Å²) in [6.45, 7) is 17.2. The van der Waals surface area contributed by atoms with Gasteiger partial charge in [-0.1, -0.05) is 27.7 Å². The van der Waals surface area contributed by atoms with Crippen LogP contribution >= 0.6 is 23.5 Å². The van der Waals surface area contributed by atoms with Gasteiger partial charge < -0.3 is 21.3 Å². The molecule has 3 rings (SSSR count). The molecule has 0 spiro atoms. The van der Waals surface area contributed by atoms with Crippen LogP contribution in [0.1, 0.15) is 34.1 Å². The van der Waals surface area contributed by atoms with Gasteiger partial charge in [-0.05, 0) is 19.5 Å². The largest absolute Gasteiger partial charge is 0.315 e. The smallest absolute Gasteiger partial charge is 0.00772 e. The highest BCUT2D eigenvalue weighted by Crippen LogP contribution is 2.14. The minimum absolute atomic E-state index is 1.14. The van der Waals surface area contributed by atoms with E-state index in [4.69, 9.17) is 0 Å². The van der Waals surface area contributed by atoms with E-state index in [0.29, 0.717) is 0 Å². The Labute approximate surface area is 154 Å². The van der Waals surface area contributed by atoms with Crippen molar-refractivity contribution in [3.8, 4) is 0 Å². The first-order chi connectivity index (χ1) is 11.5. The minimum atomic E-state index is 1.14. The molecule has 3 heterocycles. The van der Waals surface area contributed by atoms with E-state index < -0.39 is 0 Å². The average Bonchev–Trinajstić information content (AvgIpc) is 3.02. The van der Waals surface area contributed by atoms with Gasteiger partial charge in [-0.15, -0.1) is 0 Å². The van der Waals surface area contributed by atoms with E-state index in [1.165, 1.54) is 42.5 Å². The summed E-state index contributed by atoms with van der Waals surface area (Å²) in [5.41, 5.74) is 0. The summed E-state index contributed by atoms with van der Waals surface area (Å²) in [6, 6.07) is 0. The summed E-state index contributed by atoms with van der Waals surface area (Å²) in [5, 5.41) is 13.0. The maximum atomic E-state index is 3.28. The lowest BCUT2D eigenvalue weighted by atomic mass is 10.4. The average molecular weight is 367 g/mol. The van der Waals surface area contributed by atoms with Crippen LogP contribution in [0.3, 0.4) is 0 Å². The van der Waals surface area contributed by atoms with E-state index in [1.54, 1.807) is 0 Å². The highest BCUT2D eigenvalue weighted by Gasteiger charge is 1.96. The summed E-state index contributed by atoms with van der Waals surface area (Å²) in [5.74, 6) is 5.52. The minimum Gasteiger partial charge on any atom is -0.315 e. The van der Waals surface area contributed by atoms with Gasteiger partial charge >= 0.3 is 0 Å². The van der Waals surface area contributed by atoms with Gasteiger partial charge in [-0.25, -0.2) is 0 Å². The summed E-state index contributed by atoms with van der Waals surface area (Å²) < 4.78 is 0. The predicted octanol–water partition coefficient (Wildman–Crippen LogP) is 2.27. The first kappa shape index (κ1) is 25.8. The SMILES string of the molecule is C1CNCCN1.C1CNCCNC1.C1CSCCS1.CC.CC. The quantitative estimate of drug-likeness (QED) is 0.528. The molecular weight excluding hydrogens is 324 g/mol. The van der Waals surface area contributed by atoms with Crippen LogP contribution in [0.2, 0.25) is 0 Å². The van der Waals surface area contributed by atoms with Crippen LogP contribution in [0.15, 0.2) is 0 Å². The number of rotatable bonds is 0. The van der Waals surface area contributed by atoms with E-state index in [-0.39, 0.29) is 0 Å². The van der Waals surface area contributed by atoms with Crippen LogP contribution in [0, 0.1) is 0 Å².